The summed E-state index contributed by atoms with van der Waals surface area (Å²) in [5.74, 6) is -1.82. The van der Waals surface area contributed by atoms with Gasteiger partial charge in [-0.3, -0.25) is 19.1 Å². The molecule has 3 aliphatic rings. The Bertz CT molecular complexity index is 2120. The quantitative estimate of drug-likeness (QED) is 0.179. The Labute approximate surface area is 317 Å². The molecule has 0 aromatic heterocycles. The van der Waals surface area contributed by atoms with Crippen LogP contribution >= 0.6 is 11.6 Å². The van der Waals surface area contributed by atoms with E-state index in [4.69, 9.17) is 16.3 Å². The first-order valence-electron chi connectivity index (χ1n) is 17.5. The third-order valence-corrected chi connectivity index (χ3v) is 12.8. The predicted octanol–water partition coefficient (Wildman–Crippen LogP) is 6.99. The summed E-state index contributed by atoms with van der Waals surface area (Å²) in [6, 6.07) is 14.2. The lowest BCUT2D eigenvalue weighted by Crippen LogP contribution is -2.61. The SMILES string of the molecule is C=C[C@@H]1C[C@]1(NC(=O)[C@@H]1Cc2ccc(Oc3cccc(Cl)c3)cc2CN1C(=O)[C@@H](Nc1cccc(C(F)(F)F)c1)C(C)(C)C)C(=O)NS(=O)(=O)C1(C)CC1. The van der Waals surface area contributed by atoms with Crippen molar-refractivity contribution in [2.24, 2.45) is 11.3 Å². The first kappa shape index (κ1) is 39.1. The number of ether oxygens (including phenoxy) is 1. The summed E-state index contributed by atoms with van der Waals surface area (Å²) >= 11 is 6.14. The van der Waals surface area contributed by atoms with Gasteiger partial charge in [-0.25, -0.2) is 8.42 Å². The number of carbonyl (C=O) groups excluding carboxylic acids is 3. The predicted molar refractivity (Wildman–Crippen MR) is 198 cm³/mol. The highest BCUT2D eigenvalue weighted by atomic mass is 35.5. The molecule has 3 amide bonds. The topological polar surface area (TPSA) is 134 Å². The molecule has 10 nitrogen and oxygen atoms in total. The van der Waals surface area contributed by atoms with E-state index in [1.165, 1.54) is 23.1 Å². The lowest BCUT2D eigenvalue weighted by Gasteiger charge is -2.41. The lowest BCUT2D eigenvalue weighted by molar-refractivity contribution is -0.145. The Kier molecular flexibility index (Phi) is 10.1. The van der Waals surface area contributed by atoms with Gasteiger partial charge in [-0.1, -0.05) is 56.6 Å². The number of amides is 3. The third kappa shape index (κ3) is 7.95. The lowest BCUT2D eigenvalue weighted by atomic mass is 9.84. The zero-order valence-electron chi connectivity index (χ0n) is 30.2. The van der Waals surface area contributed by atoms with E-state index in [1.54, 1.807) is 70.2 Å². The molecule has 1 aliphatic heterocycles. The number of alkyl halides is 3. The number of sulfonamides is 1. The highest BCUT2D eigenvalue weighted by Crippen LogP contribution is 2.47. The van der Waals surface area contributed by atoms with Gasteiger partial charge in [-0.05, 0) is 91.3 Å². The van der Waals surface area contributed by atoms with Crippen molar-refractivity contribution in [1.29, 1.82) is 0 Å². The summed E-state index contributed by atoms with van der Waals surface area (Å²) in [4.78, 5) is 44.1. The molecule has 3 N–H and O–H groups in total. The fourth-order valence-electron chi connectivity index (χ4n) is 6.64. The van der Waals surface area contributed by atoms with Crippen LogP contribution in [0.1, 0.15) is 63.6 Å². The molecule has 3 aromatic rings. The molecule has 54 heavy (non-hydrogen) atoms. The average Bonchev–Trinajstić information content (AvgIpc) is 4.02. The van der Waals surface area contributed by atoms with E-state index in [2.05, 4.69) is 21.9 Å². The van der Waals surface area contributed by atoms with Crippen molar-refractivity contribution < 1.29 is 40.7 Å². The summed E-state index contributed by atoms with van der Waals surface area (Å²) < 4.78 is 74.0. The van der Waals surface area contributed by atoms with Crippen LogP contribution < -0.4 is 20.1 Å². The maximum absolute atomic E-state index is 14.8. The fourth-order valence-corrected chi connectivity index (χ4v) is 8.13. The summed E-state index contributed by atoms with van der Waals surface area (Å²) in [6.07, 6.45) is -2.24. The molecule has 3 aromatic carbocycles. The van der Waals surface area contributed by atoms with Crippen molar-refractivity contribution in [3.63, 3.8) is 0 Å². The zero-order chi connectivity index (χ0) is 39.4. The van der Waals surface area contributed by atoms with E-state index in [0.29, 0.717) is 34.9 Å². The number of rotatable bonds is 11. The molecular weight excluding hydrogens is 745 g/mol. The molecule has 1 heterocycles. The van der Waals surface area contributed by atoms with Gasteiger partial charge in [-0.2, -0.15) is 13.2 Å². The van der Waals surface area contributed by atoms with Gasteiger partial charge in [0.1, 0.15) is 29.1 Å². The van der Waals surface area contributed by atoms with Crippen LogP contribution in [0.4, 0.5) is 18.9 Å². The number of hydrogen-bond acceptors (Lipinski definition) is 7. The highest BCUT2D eigenvalue weighted by Gasteiger charge is 2.62. The van der Waals surface area contributed by atoms with Gasteiger partial charge in [0.15, 0.2) is 0 Å². The monoisotopic (exact) mass is 786 g/mol. The Morgan fingerprint density at radius 3 is 2.30 bits per heavy atom. The summed E-state index contributed by atoms with van der Waals surface area (Å²) in [7, 11) is -4.03. The molecule has 2 saturated carbocycles. The summed E-state index contributed by atoms with van der Waals surface area (Å²) in [5, 5.41) is 6.25. The van der Waals surface area contributed by atoms with Gasteiger partial charge >= 0.3 is 6.18 Å². The fraction of sp³-hybridized carbons (Fsp3) is 0.410. The minimum absolute atomic E-state index is 0.0115. The summed E-state index contributed by atoms with van der Waals surface area (Å²) in [5.41, 5.74) is -1.95. The Hall–Kier alpha value is -4.56. The number of hydrogen-bond donors (Lipinski definition) is 3. The number of anilines is 1. The minimum atomic E-state index is -4.62. The van der Waals surface area contributed by atoms with Crippen LogP contribution in [0.15, 0.2) is 79.4 Å². The number of fused-ring (bicyclic) bond motifs is 1. The van der Waals surface area contributed by atoms with E-state index in [-0.39, 0.29) is 25.1 Å². The molecular formula is C39H42ClF3N4O6S. The average molecular weight is 787 g/mol. The molecule has 0 saturated heterocycles. The van der Waals surface area contributed by atoms with Crippen molar-refractivity contribution in [1.82, 2.24) is 14.9 Å². The Balaban J connectivity index is 1.34. The van der Waals surface area contributed by atoms with Crippen LogP contribution in [0.25, 0.3) is 0 Å². The van der Waals surface area contributed by atoms with Crippen LogP contribution in [0.2, 0.25) is 5.02 Å². The third-order valence-electron chi connectivity index (χ3n) is 10.4. The van der Waals surface area contributed by atoms with Gasteiger partial charge in [0.2, 0.25) is 21.8 Å². The van der Waals surface area contributed by atoms with Crippen molar-refractivity contribution in [2.75, 3.05) is 5.32 Å². The van der Waals surface area contributed by atoms with Crippen molar-refractivity contribution >= 4 is 45.0 Å². The van der Waals surface area contributed by atoms with Crippen LogP contribution in [-0.2, 0) is 43.5 Å². The molecule has 2 aliphatic carbocycles. The van der Waals surface area contributed by atoms with Gasteiger partial charge in [0.25, 0.3) is 5.91 Å². The second kappa shape index (κ2) is 13.9. The van der Waals surface area contributed by atoms with Crippen molar-refractivity contribution in [2.45, 2.75) is 88.5 Å². The molecule has 4 atom stereocenters. The van der Waals surface area contributed by atoms with Gasteiger partial charge < -0.3 is 20.3 Å². The van der Waals surface area contributed by atoms with Gasteiger partial charge in [0.05, 0.1) is 10.3 Å². The standard InChI is InChI=1S/C39H42ClF3N4O6S/c1-6-25-21-38(25,35(50)46-54(51,52)37(5)15-16-37)45-33(48)31-18-23-13-14-30(53-29-12-8-10-27(40)20-29)17-24(23)22-47(31)34(49)32(36(2,3)4)44-28-11-7-9-26(19-28)39(41,42)43/h6-14,17,19-20,25,31-32,44H,1,15-16,18,21-22H2,2-5H3,(H,45,48)(H,46,50)/t25-,31+,32-,38-/m1/s1. The normalized spacial score (nSPS) is 22.3. The second-order valence-corrected chi connectivity index (χ2v) is 18.2. The van der Waals surface area contributed by atoms with Gasteiger partial charge in [-0.15, -0.1) is 6.58 Å². The molecule has 0 unspecified atom stereocenters. The molecule has 0 radical (unpaired) electrons. The van der Waals surface area contributed by atoms with Crippen LogP contribution in [0.5, 0.6) is 11.5 Å². The first-order valence-corrected chi connectivity index (χ1v) is 19.3. The van der Waals surface area contributed by atoms with E-state index >= 15 is 0 Å². The molecule has 0 spiro atoms. The van der Waals surface area contributed by atoms with Crippen molar-refractivity contribution in [3.8, 4) is 11.5 Å². The number of nitrogens with one attached hydrogen (secondary N) is 3. The molecule has 0 bridgehead atoms. The molecule has 6 rings (SSSR count). The smallest absolute Gasteiger partial charge is 0.416 e. The highest BCUT2D eigenvalue weighted by molar-refractivity contribution is 7.91. The number of halogens is 4. The maximum Gasteiger partial charge on any atom is 0.416 e. The number of carbonyl (C=O) groups is 3. The van der Waals surface area contributed by atoms with Crippen LogP contribution in [0.3, 0.4) is 0 Å². The van der Waals surface area contributed by atoms with E-state index < -0.39 is 73.2 Å². The Morgan fingerprint density at radius 1 is 1.00 bits per heavy atom. The Morgan fingerprint density at radius 2 is 1.69 bits per heavy atom. The van der Waals surface area contributed by atoms with E-state index in [1.807, 2.05) is 0 Å². The first-order chi connectivity index (χ1) is 25.2. The van der Waals surface area contributed by atoms with Gasteiger partial charge in [0, 0.05) is 29.6 Å². The molecule has 15 heteroatoms. The minimum Gasteiger partial charge on any atom is -0.457 e. The van der Waals surface area contributed by atoms with E-state index in [9.17, 15) is 36.0 Å². The largest absolute Gasteiger partial charge is 0.457 e. The zero-order valence-corrected chi connectivity index (χ0v) is 31.8. The summed E-state index contributed by atoms with van der Waals surface area (Å²) in [6.45, 7) is 10.5. The van der Waals surface area contributed by atoms with Crippen LogP contribution in [-0.4, -0.2) is 53.4 Å². The maximum atomic E-state index is 14.8. The molecule has 2 fully saturated rings. The second-order valence-electron chi connectivity index (χ2n) is 15.6. The van der Waals surface area contributed by atoms with E-state index in [0.717, 1.165) is 17.7 Å². The van der Waals surface area contributed by atoms with Crippen molar-refractivity contribution in [3.05, 3.63) is 101 Å². The van der Waals surface area contributed by atoms with Crippen LogP contribution in [0, 0.1) is 11.3 Å². The number of benzene rings is 3. The number of nitrogens with zero attached hydrogens (tertiary/aromatic N) is 1. The molecule has 288 valence electrons.